The summed E-state index contributed by atoms with van der Waals surface area (Å²) >= 11 is 3.64. The van der Waals surface area contributed by atoms with E-state index in [-0.39, 0.29) is 0 Å². The topological polar surface area (TPSA) is 27.7 Å². The summed E-state index contributed by atoms with van der Waals surface area (Å²) in [4.78, 5) is 0. The highest BCUT2D eigenvalue weighted by Gasteiger charge is 2.19. The fourth-order valence-electron chi connectivity index (χ4n) is 2.26. The minimum Gasteiger partial charge on any atom is -0.493 e. The first-order valence-electron chi connectivity index (χ1n) is 5.89. The molecule has 1 aliphatic rings. The van der Waals surface area contributed by atoms with Crippen LogP contribution in [0.1, 0.15) is 24.8 Å². The largest absolute Gasteiger partial charge is 0.493 e. The predicted molar refractivity (Wildman–Crippen MR) is 75.8 cm³/mol. The summed E-state index contributed by atoms with van der Waals surface area (Å²) in [5.41, 5.74) is 2.46. The van der Waals surface area contributed by atoms with E-state index < -0.39 is 0 Å². The molecule has 18 heavy (non-hydrogen) atoms. The highest BCUT2D eigenvalue weighted by Crippen LogP contribution is 2.44. The molecule has 3 nitrogen and oxygen atoms in total. The van der Waals surface area contributed by atoms with Crippen LogP contribution in [0.15, 0.2) is 16.6 Å². The van der Waals surface area contributed by atoms with Gasteiger partial charge in [-0.1, -0.05) is 15.9 Å². The zero-order chi connectivity index (χ0) is 13.1. The molecule has 0 heterocycles. The minimum atomic E-state index is 0.637. The van der Waals surface area contributed by atoms with Gasteiger partial charge in [0, 0.05) is 0 Å². The lowest BCUT2D eigenvalue weighted by atomic mass is 10.0. The van der Waals surface area contributed by atoms with Gasteiger partial charge in [0.2, 0.25) is 5.75 Å². The number of benzene rings is 1. The highest BCUT2D eigenvalue weighted by atomic mass is 79.9. The van der Waals surface area contributed by atoms with Gasteiger partial charge in [0.25, 0.3) is 0 Å². The molecule has 1 aromatic carbocycles. The van der Waals surface area contributed by atoms with Gasteiger partial charge in [-0.05, 0) is 47.0 Å². The molecule has 1 aromatic rings. The quantitative estimate of drug-likeness (QED) is 0.841. The second-order valence-corrected chi connectivity index (χ2v) is 5.11. The molecule has 0 saturated heterocycles. The van der Waals surface area contributed by atoms with Gasteiger partial charge in [-0.2, -0.15) is 0 Å². The lowest BCUT2D eigenvalue weighted by Gasteiger charge is -2.14. The van der Waals surface area contributed by atoms with Crippen molar-refractivity contribution in [3.63, 3.8) is 0 Å². The van der Waals surface area contributed by atoms with E-state index >= 15 is 0 Å². The zero-order valence-electron chi connectivity index (χ0n) is 10.9. The Hall–Kier alpha value is -1.16. The van der Waals surface area contributed by atoms with Crippen LogP contribution in [0.2, 0.25) is 0 Å². The maximum atomic E-state index is 5.37. The van der Waals surface area contributed by atoms with E-state index in [1.807, 2.05) is 12.1 Å². The van der Waals surface area contributed by atoms with Crippen LogP contribution in [-0.2, 0) is 0 Å². The van der Waals surface area contributed by atoms with Gasteiger partial charge in [-0.25, -0.2) is 0 Å². The van der Waals surface area contributed by atoms with Crippen LogP contribution in [0.3, 0.4) is 0 Å². The third kappa shape index (κ3) is 2.34. The summed E-state index contributed by atoms with van der Waals surface area (Å²) < 4.78 is 17.3. The first kappa shape index (κ1) is 13.3. The number of halogens is 1. The molecule has 0 spiro atoms. The number of methoxy groups -OCH3 is 3. The molecule has 0 N–H and O–H groups in total. The van der Waals surface area contributed by atoms with Crippen LogP contribution in [0.25, 0.3) is 5.57 Å². The van der Waals surface area contributed by atoms with E-state index in [1.165, 1.54) is 16.5 Å². The molecule has 0 saturated carbocycles. The van der Waals surface area contributed by atoms with Crippen LogP contribution in [0.5, 0.6) is 17.2 Å². The van der Waals surface area contributed by atoms with Gasteiger partial charge in [-0.3, -0.25) is 0 Å². The maximum absolute atomic E-state index is 5.37. The molecule has 0 unspecified atom stereocenters. The number of allylic oxidation sites excluding steroid dienone is 2. The molecule has 0 fully saturated rings. The first-order valence-corrected chi connectivity index (χ1v) is 6.68. The Kier molecular flexibility index (Phi) is 4.17. The average Bonchev–Trinajstić information content (AvgIpc) is 2.83. The summed E-state index contributed by atoms with van der Waals surface area (Å²) in [5.74, 6) is 2.04. The maximum Gasteiger partial charge on any atom is 0.203 e. The summed E-state index contributed by atoms with van der Waals surface area (Å²) in [7, 11) is 4.89. The van der Waals surface area contributed by atoms with Gasteiger partial charge in [-0.15, -0.1) is 0 Å². The third-order valence-corrected chi connectivity index (χ3v) is 4.04. The van der Waals surface area contributed by atoms with Crippen molar-refractivity contribution in [2.75, 3.05) is 21.3 Å². The molecular weight excluding hydrogens is 296 g/mol. The van der Waals surface area contributed by atoms with Crippen molar-refractivity contribution in [2.45, 2.75) is 19.3 Å². The number of ether oxygens (including phenoxy) is 3. The fraction of sp³-hybridized carbons (Fsp3) is 0.429. The van der Waals surface area contributed by atoms with Gasteiger partial charge < -0.3 is 14.2 Å². The van der Waals surface area contributed by atoms with E-state index in [9.17, 15) is 0 Å². The Morgan fingerprint density at radius 1 is 0.944 bits per heavy atom. The van der Waals surface area contributed by atoms with E-state index in [0.29, 0.717) is 17.2 Å². The van der Waals surface area contributed by atoms with Crippen molar-refractivity contribution >= 4 is 21.5 Å². The SMILES string of the molecule is COc1cc(C2=C(Br)CCC2)cc(OC)c1OC. The molecule has 0 amide bonds. The Morgan fingerprint density at radius 2 is 1.56 bits per heavy atom. The smallest absolute Gasteiger partial charge is 0.203 e. The van der Waals surface area contributed by atoms with Crippen molar-refractivity contribution in [1.82, 2.24) is 0 Å². The van der Waals surface area contributed by atoms with Crippen molar-refractivity contribution in [3.05, 3.63) is 22.2 Å². The molecular formula is C14H17BrO3. The Bertz CT molecular complexity index is 455. The number of hydrogen-bond donors (Lipinski definition) is 0. The van der Waals surface area contributed by atoms with Crippen molar-refractivity contribution in [3.8, 4) is 17.2 Å². The highest BCUT2D eigenvalue weighted by molar-refractivity contribution is 9.11. The van der Waals surface area contributed by atoms with E-state index in [1.54, 1.807) is 21.3 Å². The molecule has 0 aromatic heterocycles. The van der Waals surface area contributed by atoms with Crippen LogP contribution in [0, 0.1) is 0 Å². The molecule has 0 radical (unpaired) electrons. The Morgan fingerprint density at radius 3 is 1.94 bits per heavy atom. The van der Waals surface area contributed by atoms with Crippen LogP contribution in [0.4, 0.5) is 0 Å². The predicted octanol–water partition coefficient (Wildman–Crippen LogP) is 4.00. The Balaban J connectivity index is 2.53. The third-order valence-electron chi connectivity index (χ3n) is 3.16. The lowest BCUT2D eigenvalue weighted by molar-refractivity contribution is 0.324. The molecule has 4 heteroatoms. The molecule has 2 rings (SSSR count). The van der Waals surface area contributed by atoms with Gasteiger partial charge in [0.05, 0.1) is 21.3 Å². The van der Waals surface area contributed by atoms with E-state index in [4.69, 9.17) is 14.2 Å². The summed E-state index contributed by atoms with van der Waals surface area (Å²) in [5, 5.41) is 0. The van der Waals surface area contributed by atoms with E-state index in [2.05, 4.69) is 15.9 Å². The molecule has 1 aliphatic carbocycles. The van der Waals surface area contributed by atoms with E-state index in [0.717, 1.165) is 18.4 Å². The second-order valence-electron chi connectivity index (χ2n) is 4.15. The molecule has 0 atom stereocenters. The molecule has 0 bridgehead atoms. The summed E-state index contributed by atoms with van der Waals surface area (Å²) in [6.07, 6.45) is 3.37. The fourth-order valence-corrected chi connectivity index (χ4v) is 2.97. The number of hydrogen-bond acceptors (Lipinski definition) is 3. The standard InChI is InChI=1S/C14H17BrO3/c1-16-12-7-9(10-5-4-6-11(10)15)8-13(17-2)14(12)18-3/h7-8H,4-6H2,1-3H3. The average molecular weight is 313 g/mol. The van der Waals surface area contributed by atoms with Gasteiger partial charge >= 0.3 is 0 Å². The first-order chi connectivity index (χ1) is 8.71. The monoisotopic (exact) mass is 312 g/mol. The van der Waals surface area contributed by atoms with Gasteiger partial charge in [0.15, 0.2) is 11.5 Å². The molecule has 0 aliphatic heterocycles. The minimum absolute atomic E-state index is 0.637. The Labute approximate surface area is 116 Å². The number of rotatable bonds is 4. The van der Waals surface area contributed by atoms with Crippen molar-refractivity contribution in [2.24, 2.45) is 0 Å². The second kappa shape index (κ2) is 5.65. The van der Waals surface area contributed by atoms with Crippen LogP contribution >= 0.6 is 15.9 Å². The summed E-state index contributed by atoms with van der Waals surface area (Å²) in [6.45, 7) is 0. The zero-order valence-corrected chi connectivity index (χ0v) is 12.5. The summed E-state index contributed by atoms with van der Waals surface area (Å²) in [6, 6.07) is 4.01. The van der Waals surface area contributed by atoms with Crippen molar-refractivity contribution in [1.29, 1.82) is 0 Å². The molecule has 98 valence electrons. The lowest BCUT2D eigenvalue weighted by Crippen LogP contribution is -1.96. The normalized spacial score (nSPS) is 14.9. The van der Waals surface area contributed by atoms with Gasteiger partial charge in [0.1, 0.15) is 0 Å². The van der Waals surface area contributed by atoms with Crippen LogP contribution < -0.4 is 14.2 Å². The van der Waals surface area contributed by atoms with Crippen LogP contribution in [-0.4, -0.2) is 21.3 Å². The van der Waals surface area contributed by atoms with Crippen molar-refractivity contribution < 1.29 is 14.2 Å².